The summed E-state index contributed by atoms with van der Waals surface area (Å²) in [5, 5.41) is 2.46. The number of nitrogens with zero attached hydrogens (tertiary/aromatic N) is 1. The maximum atomic E-state index is 13.6. The summed E-state index contributed by atoms with van der Waals surface area (Å²) in [5.41, 5.74) is -3.42. The predicted molar refractivity (Wildman–Crippen MR) is 121 cm³/mol. The molecule has 0 atom stereocenters. The molecule has 0 aliphatic carbocycles. The topological polar surface area (TPSA) is 58.6 Å². The number of amides is 2. The van der Waals surface area contributed by atoms with Crippen molar-refractivity contribution in [3.8, 4) is 5.75 Å². The van der Waals surface area contributed by atoms with E-state index in [0.717, 1.165) is 28.8 Å². The van der Waals surface area contributed by atoms with E-state index >= 15 is 0 Å². The second kappa shape index (κ2) is 9.19. The van der Waals surface area contributed by atoms with Crippen LogP contribution in [0.15, 0.2) is 41.3 Å². The smallest absolute Gasteiger partial charge is 0.417 e. The van der Waals surface area contributed by atoms with Gasteiger partial charge in [-0.15, -0.1) is 0 Å². The Labute approximate surface area is 204 Å². The summed E-state index contributed by atoms with van der Waals surface area (Å²) in [6.45, 7) is -0.701. The van der Waals surface area contributed by atoms with E-state index in [-0.39, 0.29) is 28.9 Å². The maximum Gasteiger partial charge on any atom is 0.417 e. The molecule has 1 fully saturated rings. The lowest BCUT2D eigenvalue weighted by atomic mass is 9.97. The molecule has 2 aliphatic rings. The number of carbonyl (C=O) groups is 2. The monoisotopic (exact) mass is 532 g/mol. The lowest BCUT2D eigenvalue weighted by Crippen LogP contribution is -2.40. The van der Waals surface area contributed by atoms with Gasteiger partial charge in [-0.1, -0.05) is 42.2 Å². The van der Waals surface area contributed by atoms with Crippen molar-refractivity contribution in [3.05, 3.63) is 63.6 Å². The van der Waals surface area contributed by atoms with E-state index < -0.39 is 47.3 Å². The van der Waals surface area contributed by atoms with Gasteiger partial charge in [0.05, 0.1) is 21.7 Å². The number of ether oxygens (including phenoxy) is 1. The van der Waals surface area contributed by atoms with Crippen LogP contribution in [0.2, 0.25) is 0 Å². The van der Waals surface area contributed by atoms with E-state index in [1.54, 1.807) is 6.07 Å². The number of hydrogen-bond donors (Lipinski definition) is 1. The molecule has 184 valence electrons. The highest BCUT2D eigenvalue weighted by Crippen LogP contribution is 2.42. The summed E-state index contributed by atoms with van der Waals surface area (Å²) in [7, 11) is 0. The minimum absolute atomic E-state index is 0.224. The summed E-state index contributed by atoms with van der Waals surface area (Å²) in [6.07, 6.45) is -9.40. The minimum atomic E-state index is -5.24. The van der Waals surface area contributed by atoms with Crippen molar-refractivity contribution < 1.29 is 40.7 Å². The SMILES string of the molecule is O=C1NC(=S)SC1=Cc1ccc2c(c1)N(CCc1cccc(C(F)(F)F)c1C(F)(F)F)C(=O)CO2. The number of halogens is 6. The number of thioether (sulfide) groups is 1. The van der Waals surface area contributed by atoms with Gasteiger partial charge in [-0.3, -0.25) is 9.59 Å². The molecule has 2 amide bonds. The van der Waals surface area contributed by atoms with Gasteiger partial charge in [-0.25, -0.2) is 0 Å². The highest BCUT2D eigenvalue weighted by atomic mass is 32.2. The highest BCUT2D eigenvalue weighted by Gasteiger charge is 2.44. The van der Waals surface area contributed by atoms with E-state index in [4.69, 9.17) is 17.0 Å². The molecule has 0 bridgehead atoms. The molecule has 13 heteroatoms. The van der Waals surface area contributed by atoms with Crippen LogP contribution < -0.4 is 15.0 Å². The van der Waals surface area contributed by atoms with E-state index in [1.807, 2.05) is 0 Å². The molecule has 2 aromatic rings. The fraction of sp³-hybridized carbons (Fsp3) is 0.227. The molecule has 0 spiro atoms. The summed E-state index contributed by atoms with van der Waals surface area (Å²) in [6, 6.07) is 6.90. The van der Waals surface area contributed by atoms with Crippen LogP contribution in [0, 0.1) is 0 Å². The standard InChI is InChI=1S/C22H14F6N2O3S2/c23-21(24,25)13-3-1-2-12(18(13)22(26,27)28)6-7-30-14-8-11(4-5-15(14)33-10-17(30)31)9-16-19(32)29-20(34)35-16/h1-5,8-9H,6-7,10H2,(H,29,32,34). The molecule has 4 rings (SSSR count). The second-order valence-electron chi connectivity index (χ2n) is 7.50. The second-order valence-corrected chi connectivity index (χ2v) is 9.22. The minimum Gasteiger partial charge on any atom is -0.482 e. The van der Waals surface area contributed by atoms with Crippen LogP contribution >= 0.6 is 24.0 Å². The van der Waals surface area contributed by atoms with Crippen molar-refractivity contribution in [3.63, 3.8) is 0 Å². The van der Waals surface area contributed by atoms with Crippen LogP contribution in [0.25, 0.3) is 6.08 Å². The number of benzene rings is 2. The van der Waals surface area contributed by atoms with Gasteiger partial charge in [0.1, 0.15) is 10.1 Å². The van der Waals surface area contributed by atoms with Crippen molar-refractivity contribution >= 4 is 51.9 Å². The Balaban J connectivity index is 1.66. The third kappa shape index (κ3) is 5.30. The Morgan fingerprint density at radius 2 is 1.83 bits per heavy atom. The van der Waals surface area contributed by atoms with Crippen LogP contribution in [0.1, 0.15) is 22.3 Å². The molecule has 2 aliphatic heterocycles. The number of anilines is 1. The van der Waals surface area contributed by atoms with Gasteiger partial charge >= 0.3 is 12.4 Å². The van der Waals surface area contributed by atoms with Gasteiger partial charge in [0, 0.05) is 6.54 Å². The van der Waals surface area contributed by atoms with Crippen LogP contribution in [0.3, 0.4) is 0 Å². The first-order chi connectivity index (χ1) is 16.3. The third-order valence-corrected chi connectivity index (χ3v) is 6.37. The molecule has 0 aromatic heterocycles. The molecule has 2 heterocycles. The van der Waals surface area contributed by atoms with Crippen LogP contribution in [0.4, 0.5) is 32.0 Å². The van der Waals surface area contributed by atoms with Gasteiger partial charge in [0.15, 0.2) is 6.61 Å². The summed E-state index contributed by atoms with van der Waals surface area (Å²) < 4.78 is 86.1. The summed E-state index contributed by atoms with van der Waals surface area (Å²) in [5.74, 6) is -0.700. The number of rotatable bonds is 4. The highest BCUT2D eigenvalue weighted by molar-refractivity contribution is 8.26. The Morgan fingerprint density at radius 3 is 2.46 bits per heavy atom. The fourth-order valence-corrected chi connectivity index (χ4v) is 4.78. The molecule has 1 saturated heterocycles. The zero-order valence-corrected chi connectivity index (χ0v) is 19.1. The lowest BCUT2D eigenvalue weighted by Gasteiger charge is -2.30. The fourth-order valence-electron chi connectivity index (χ4n) is 3.74. The van der Waals surface area contributed by atoms with Crippen molar-refractivity contribution in [2.24, 2.45) is 0 Å². The van der Waals surface area contributed by atoms with Crippen LogP contribution in [-0.4, -0.2) is 29.3 Å². The summed E-state index contributed by atoms with van der Waals surface area (Å²) >= 11 is 5.98. The first-order valence-electron chi connectivity index (χ1n) is 9.93. The number of thiocarbonyl (C=S) groups is 1. The third-order valence-electron chi connectivity index (χ3n) is 5.21. The number of fused-ring (bicyclic) bond motifs is 1. The number of alkyl halides is 6. The molecular formula is C22H14F6N2O3S2. The number of hydrogen-bond acceptors (Lipinski definition) is 5. The van der Waals surface area contributed by atoms with Gasteiger partial charge < -0.3 is 15.0 Å². The molecule has 2 aromatic carbocycles. The van der Waals surface area contributed by atoms with E-state index in [0.29, 0.717) is 16.5 Å². The van der Waals surface area contributed by atoms with Gasteiger partial charge in [-0.2, -0.15) is 26.3 Å². The average Bonchev–Trinajstić information content (AvgIpc) is 3.08. The van der Waals surface area contributed by atoms with Crippen molar-refractivity contribution in [1.82, 2.24) is 5.32 Å². The van der Waals surface area contributed by atoms with E-state index in [1.165, 1.54) is 18.2 Å². The van der Waals surface area contributed by atoms with E-state index in [2.05, 4.69) is 5.32 Å². The largest absolute Gasteiger partial charge is 0.482 e. The first-order valence-corrected chi connectivity index (χ1v) is 11.2. The molecule has 1 N–H and O–H groups in total. The Bertz CT molecular complexity index is 1260. The Hall–Kier alpha value is -3.06. The quantitative estimate of drug-likeness (QED) is 0.334. The number of carbonyl (C=O) groups excluding carboxylic acids is 2. The molecule has 35 heavy (non-hydrogen) atoms. The van der Waals surface area contributed by atoms with Gasteiger partial charge in [0.25, 0.3) is 11.8 Å². The summed E-state index contributed by atoms with van der Waals surface area (Å²) in [4.78, 5) is 25.9. The van der Waals surface area contributed by atoms with Crippen molar-refractivity contribution in [2.75, 3.05) is 18.1 Å². The number of nitrogens with one attached hydrogen (secondary N) is 1. The Morgan fingerprint density at radius 1 is 1.09 bits per heavy atom. The van der Waals surface area contributed by atoms with Gasteiger partial charge in [-0.05, 0) is 41.8 Å². The molecule has 5 nitrogen and oxygen atoms in total. The van der Waals surface area contributed by atoms with Crippen LogP contribution in [-0.2, 0) is 28.4 Å². The zero-order chi connectivity index (χ0) is 25.5. The van der Waals surface area contributed by atoms with Crippen molar-refractivity contribution in [2.45, 2.75) is 18.8 Å². The normalized spacial score (nSPS) is 17.5. The Kier molecular flexibility index (Phi) is 6.58. The van der Waals surface area contributed by atoms with Crippen molar-refractivity contribution in [1.29, 1.82) is 0 Å². The molecule has 0 saturated carbocycles. The van der Waals surface area contributed by atoms with Crippen LogP contribution in [0.5, 0.6) is 5.75 Å². The maximum absolute atomic E-state index is 13.6. The molecular weight excluding hydrogens is 518 g/mol. The first kappa shape index (κ1) is 25.0. The lowest BCUT2D eigenvalue weighted by molar-refractivity contribution is -0.162. The predicted octanol–water partition coefficient (Wildman–Crippen LogP) is 5.18. The molecule has 0 unspecified atom stereocenters. The zero-order valence-electron chi connectivity index (χ0n) is 17.4. The molecule has 0 radical (unpaired) electrons. The van der Waals surface area contributed by atoms with E-state index in [9.17, 15) is 35.9 Å². The van der Waals surface area contributed by atoms with Gasteiger partial charge in [0.2, 0.25) is 0 Å². The average molecular weight is 532 g/mol.